The van der Waals surface area contributed by atoms with Crippen LogP contribution in [0.25, 0.3) is 0 Å². The molecule has 0 amide bonds. The first kappa shape index (κ1) is 24.7. The number of hydrogen-bond donors (Lipinski definition) is 2. The number of hydrogen-bond acceptors (Lipinski definition) is 4. The molecule has 1 fully saturated rings. The lowest BCUT2D eigenvalue weighted by Gasteiger charge is -2.21. The van der Waals surface area contributed by atoms with Gasteiger partial charge in [0.2, 0.25) is 0 Å². The zero-order valence-electron chi connectivity index (χ0n) is 19.2. The molecule has 4 heteroatoms. The molecule has 2 rings (SSSR count). The summed E-state index contributed by atoms with van der Waals surface area (Å²) in [4.78, 5) is 11.2. The molecule has 0 aliphatic heterocycles. The highest BCUT2D eigenvalue weighted by Crippen LogP contribution is 2.49. The first-order chi connectivity index (χ1) is 14.4. The van der Waals surface area contributed by atoms with Crippen LogP contribution in [0.5, 0.6) is 0 Å². The van der Waals surface area contributed by atoms with Gasteiger partial charge in [0, 0.05) is 12.3 Å². The van der Waals surface area contributed by atoms with E-state index in [2.05, 4.69) is 26.0 Å². The highest BCUT2D eigenvalue weighted by atomic mass is 16.5. The Kier molecular flexibility index (Phi) is 10.7. The molecule has 0 heterocycles. The second-order valence-corrected chi connectivity index (χ2v) is 9.37. The van der Waals surface area contributed by atoms with Crippen molar-refractivity contribution in [3.63, 3.8) is 0 Å². The highest BCUT2D eigenvalue weighted by molar-refractivity contribution is 5.68. The minimum Gasteiger partial charge on any atom is -0.512 e. The third-order valence-corrected chi connectivity index (χ3v) is 6.65. The summed E-state index contributed by atoms with van der Waals surface area (Å²) in [6, 6.07) is 0. The summed E-state index contributed by atoms with van der Waals surface area (Å²) >= 11 is 0. The number of carbonyl (C=O) groups is 1. The molecule has 0 saturated heterocycles. The summed E-state index contributed by atoms with van der Waals surface area (Å²) < 4.78 is 4.69. The van der Waals surface area contributed by atoms with E-state index in [0.717, 1.165) is 44.9 Å². The predicted octanol–water partition coefficient (Wildman–Crippen LogP) is 6.41. The molecule has 2 aliphatic rings. The third-order valence-electron chi connectivity index (χ3n) is 6.65. The van der Waals surface area contributed by atoms with Gasteiger partial charge in [-0.1, -0.05) is 36.1 Å². The quantitative estimate of drug-likeness (QED) is 0.157. The van der Waals surface area contributed by atoms with Crippen molar-refractivity contribution >= 4 is 5.97 Å². The van der Waals surface area contributed by atoms with E-state index in [0.29, 0.717) is 24.0 Å². The maximum Gasteiger partial charge on any atom is 0.305 e. The molecule has 4 atom stereocenters. The van der Waals surface area contributed by atoms with Crippen LogP contribution in [0, 0.1) is 17.8 Å². The Balaban J connectivity index is 1.70. The minimum absolute atomic E-state index is 0.114. The van der Waals surface area contributed by atoms with Gasteiger partial charge < -0.3 is 14.9 Å². The molecule has 0 aromatic rings. The second-order valence-electron chi connectivity index (χ2n) is 9.37. The molecule has 0 spiro atoms. The Labute approximate surface area is 183 Å². The lowest BCUT2D eigenvalue weighted by Crippen LogP contribution is -2.21. The van der Waals surface area contributed by atoms with Gasteiger partial charge in [-0.25, -0.2) is 0 Å². The number of rotatable bonds is 13. The van der Waals surface area contributed by atoms with E-state index in [1.165, 1.54) is 43.9 Å². The number of methoxy groups -OCH3 is 1. The summed E-state index contributed by atoms with van der Waals surface area (Å²) in [6.45, 7) is 4.28. The third kappa shape index (κ3) is 7.94. The van der Waals surface area contributed by atoms with Gasteiger partial charge in [0.15, 0.2) is 0 Å². The van der Waals surface area contributed by atoms with Gasteiger partial charge in [0.05, 0.1) is 19.0 Å². The Morgan fingerprint density at radius 1 is 1.10 bits per heavy atom. The molecule has 1 saturated carbocycles. The summed E-state index contributed by atoms with van der Waals surface area (Å²) in [5.74, 6) is 0.858. The number of allylic oxidation sites excluding steroid dienone is 5. The van der Waals surface area contributed by atoms with Crippen molar-refractivity contribution in [3.05, 3.63) is 35.1 Å². The van der Waals surface area contributed by atoms with Crippen LogP contribution >= 0.6 is 0 Å². The molecule has 30 heavy (non-hydrogen) atoms. The second kappa shape index (κ2) is 13.0. The van der Waals surface area contributed by atoms with Gasteiger partial charge in [-0.2, -0.15) is 0 Å². The molecule has 0 aromatic heterocycles. The molecule has 0 bridgehead atoms. The summed E-state index contributed by atoms with van der Waals surface area (Å²) in [6.07, 6.45) is 18.0. The molecule has 2 N–H and O–H groups in total. The number of carbonyl (C=O) groups excluding carboxylic acids is 1. The molecule has 0 radical (unpaired) electrons. The van der Waals surface area contributed by atoms with Crippen molar-refractivity contribution in [2.45, 2.75) is 97.0 Å². The summed E-state index contributed by atoms with van der Waals surface area (Å²) in [5.41, 5.74) is 2.82. The zero-order chi connectivity index (χ0) is 21.9. The smallest absolute Gasteiger partial charge is 0.305 e. The van der Waals surface area contributed by atoms with E-state index >= 15 is 0 Å². The number of esters is 1. The van der Waals surface area contributed by atoms with Gasteiger partial charge in [-0.05, 0) is 89.5 Å². The Morgan fingerprint density at radius 2 is 1.80 bits per heavy atom. The van der Waals surface area contributed by atoms with Gasteiger partial charge in [0.1, 0.15) is 0 Å². The summed E-state index contributed by atoms with van der Waals surface area (Å²) in [7, 11) is 1.43. The van der Waals surface area contributed by atoms with Crippen molar-refractivity contribution in [2.75, 3.05) is 7.11 Å². The average Bonchev–Trinajstić information content (AvgIpc) is 3.22. The van der Waals surface area contributed by atoms with E-state index < -0.39 is 6.10 Å². The van der Waals surface area contributed by atoms with Crippen LogP contribution in [-0.2, 0) is 9.53 Å². The van der Waals surface area contributed by atoms with Crippen molar-refractivity contribution in [2.24, 2.45) is 17.8 Å². The van der Waals surface area contributed by atoms with Crippen LogP contribution in [0.4, 0.5) is 0 Å². The number of aliphatic hydroxyl groups excluding tert-OH is 2. The van der Waals surface area contributed by atoms with Gasteiger partial charge >= 0.3 is 5.97 Å². The van der Waals surface area contributed by atoms with Crippen LogP contribution < -0.4 is 0 Å². The van der Waals surface area contributed by atoms with Crippen LogP contribution in [0.3, 0.4) is 0 Å². The fourth-order valence-electron chi connectivity index (χ4n) is 5.04. The highest BCUT2D eigenvalue weighted by Gasteiger charge is 2.46. The molecule has 0 unspecified atom stereocenters. The van der Waals surface area contributed by atoms with Gasteiger partial charge in [0.25, 0.3) is 0 Å². The normalized spacial score (nSPS) is 25.7. The zero-order valence-corrected chi connectivity index (χ0v) is 19.2. The van der Waals surface area contributed by atoms with Crippen molar-refractivity contribution < 1.29 is 19.7 Å². The first-order valence-corrected chi connectivity index (χ1v) is 11.9. The maximum atomic E-state index is 11.2. The van der Waals surface area contributed by atoms with Gasteiger partial charge in [-0.3, -0.25) is 4.79 Å². The Morgan fingerprint density at radius 3 is 2.47 bits per heavy atom. The number of aliphatic hydroxyl groups is 2. The number of fused-ring (bicyclic) bond motifs is 1. The monoisotopic (exact) mass is 418 g/mol. The first-order valence-electron chi connectivity index (χ1n) is 11.9. The van der Waals surface area contributed by atoms with Crippen LogP contribution in [0.15, 0.2) is 35.1 Å². The van der Waals surface area contributed by atoms with Crippen LogP contribution in [0.2, 0.25) is 0 Å². The topological polar surface area (TPSA) is 66.8 Å². The lowest BCUT2D eigenvalue weighted by atomic mass is 9.87. The molecule has 0 aromatic carbocycles. The summed E-state index contributed by atoms with van der Waals surface area (Å²) in [5, 5.41) is 21.2. The van der Waals surface area contributed by atoms with Crippen molar-refractivity contribution in [3.8, 4) is 0 Å². The lowest BCUT2D eigenvalue weighted by molar-refractivity contribution is -0.140. The van der Waals surface area contributed by atoms with Crippen molar-refractivity contribution in [1.82, 2.24) is 0 Å². The molecule has 170 valence electrons. The number of unbranched alkanes of at least 4 members (excludes halogenated alkanes) is 6. The molecular formula is C26H42O4. The standard InChI is InChI=1S/C26H42O4/c1-19(2)12-8-6-4-5-7-9-14-23(27)26-22-17-20(16-21(22)18-24(26)28)13-10-11-15-25(29)30-3/h12,14,16,21-22,24,26-28H,4-11,13,15,17-18H2,1-3H3/t21-,22-,24+,26+/m1/s1. The largest absolute Gasteiger partial charge is 0.512 e. The van der Waals surface area contributed by atoms with E-state index in [-0.39, 0.29) is 11.9 Å². The number of ether oxygens (including phenoxy) is 1. The van der Waals surface area contributed by atoms with E-state index in [9.17, 15) is 15.0 Å². The maximum absolute atomic E-state index is 11.2. The molecular weight excluding hydrogens is 376 g/mol. The minimum atomic E-state index is -0.433. The van der Waals surface area contributed by atoms with Crippen LogP contribution in [-0.4, -0.2) is 29.4 Å². The van der Waals surface area contributed by atoms with Crippen LogP contribution in [0.1, 0.15) is 90.9 Å². The predicted molar refractivity (Wildman–Crippen MR) is 122 cm³/mol. The van der Waals surface area contributed by atoms with Gasteiger partial charge in [-0.15, -0.1) is 0 Å². The average molecular weight is 419 g/mol. The Bertz CT molecular complexity index is 627. The van der Waals surface area contributed by atoms with E-state index in [1.54, 1.807) is 0 Å². The molecule has 2 aliphatic carbocycles. The molecule has 4 nitrogen and oxygen atoms in total. The fraction of sp³-hybridized carbons (Fsp3) is 0.731. The van der Waals surface area contributed by atoms with E-state index in [4.69, 9.17) is 4.74 Å². The fourth-order valence-corrected chi connectivity index (χ4v) is 5.04. The van der Waals surface area contributed by atoms with Crippen molar-refractivity contribution in [1.29, 1.82) is 0 Å². The Hall–Kier alpha value is -1.55. The SMILES string of the molecule is COC(=O)CCCCC1=C[C@@H]2C[C@H](O)[C@H](C(O)=CCCCCCCC=C(C)C)[C@@H]2C1. The van der Waals surface area contributed by atoms with E-state index in [1.807, 2.05) is 6.08 Å².